The van der Waals surface area contributed by atoms with Gasteiger partial charge in [-0.15, -0.1) is 0 Å². The topological polar surface area (TPSA) is 23.9 Å². The second-order valence-corrected chi connectivity index (χ2v) is 2.65. The smallest absolute Gasteiger partial charge is 0.0205 e. The number of allylic oxidation sites excluding steroid dienone is 2. The van der Waals surface area contributed by atoms with E-state index >= 15 is 0 Å². The Morgan fingerprint density at radius 2 is 2.22 bits per heavy atom. The maximum atomic E-state index is 7.47. The van der Waals surface area contributed by atoms with Crippen molar-refractivity contribution >= 4 is 5.71 Å². The lowest BCUT2D eigenvalue weighted by molar-refractivity contribution is 0.572. The Hall–Kier alpha value is -0.590. The summed E-state index contributed by atoms with van der Waals surface area (Å²) in [5.74, 6) is 1.09. The summed E-state index contributed by atoms with van der Waals surface area (Å²) in [4.78, 5) is 0. The molecule has 0 spiro atoms. The van der Waals surface area contributed by atoms with E-state index in [-0.39, 0.29) is 0 Å². The van der Waals surface area contributed by atoms with Crippen molar-refractivity contribution in [3.05, 3.63) is 12.2 Å². The third kappa shape index (κ3) is 1.04. The first kappa shape index (κ1) is 6.53. The van der Waals surface area contributed by atoms with E-state index in [1.165, 1.54) is 0 Å². The molecule has 1 heteroatoms. The van der Waals surface area contributed by atoms with E-state index in [9.17, 15) is 0 Å². The number of nitrogens with one attached hydrogen (secondary N) is 1. The van der Waals surface area contributed by atoms with Crippen molar-refractivity contribution in [1.82, 2.24) is 0 Å². The Bertz CT molecular complexity index is 147. The number of rotatable bonds is 2. The van der Waals surface area contributed by atoms with E-state index in [0.717, 1.165) is 12.1 Å². The average Bonchev–Trinajstić information content (AvgIpc) is 1.84. The van der Waals surface area contributed by atoms with Gasteiger partial charge in [0.05, 0.1) is 0 Å². The van der Waals surface area contributed by atoms with Gasteiger partial charge >= 0.3 is 0 Å². The molecule has 1 aliphatic rings. The highest BCUT2D eigenvalue weighted by molar-refractivity contribution is 5.86. The Kier molecular flexibility index (Phi) is 1.70. The summed E-state index contributed by atoms with van der Waals surface area (Å²) < 4.78 is 0. The van der Waals surface area contributed by atoms with Gasteiger partial charge in [0.25, 0.3) is 0 Å². The molecule has 0 heterocycles. The first-order chi connectivity index (χ1) is 4.25. The van der Waals surface area contributed by atoms with Gasteiger partial charge in [0.2, 0.25) is 0 Å². The SMILES string of the molecule is CCC(=N)C1C=CC1C. The molecule has 0 amide bonds. The van der Waals surface area contributed by atoms with Gasteiger partial charge in [-0.3, -0.25) is 0 Å². The van der Waals surface area contributed by atoms with Crippen molar-refractivity contribution in [2.45, 2.75) is 20.3 Å². The predicted octanol–water partition coefficient (Wildman–Crippen LogP) is 2.24. The molecule has 1 N–H and O–H groups in total. The molecule has 9 heavy (non-hydrogen) atoms. The molecule has 0 bridgehead atoms. The van der Waals surface area contributed by atoms with Crippen molar-refractivity contribution in [2.24, 2.45) is 11.8 Å². The molecule has 0 saturated heterocycles. The third-order valence-corrected chi connectivity index (χ3v) is 1.97. The lowest BCUT2D eigenvalue weighted by Crippen LogP contribution is -2.23. The highest BCUT2D eigenvalue weighted by Gasteiger charge is 2.21. The molecule has 1 nitrogen and oxygen atoms in total. The zero-order valence-corrected chi connectivity index (χ0v) is 6.02. The van der Waals surface area contributed by atoms with Crippen molar-refractivity contribution in [2.75, 3.05) is 0 Å². The average molecular weight is 123 g/mol. The molecule has 50 valence electrons. The second kappa shape index (κ2) is 2.34. The minimum absolute atomic E-state index is 0.468. The van der Waals surface area contributed by atoms with Crippen molar-refractivity contribution < 1.29 is 0 Å². The molecule has 0 fully saturated rings. The van der Waals surface area contributed by atoms with Crippen LogP contribution in [0.5, 0.6) is 0 Å². The maximum Gasteiger partial charge on any atom is 0.0205 e. The Balaban J connectivity index is 2.46. The summed E-state index contributed by atoms with van der Waals surface area (Å²) in [7, 11) is 0. The summed E-state index contributed by atoms with van der Waals surface area (Å²) in [6, 6.07) is 0. The number of hydrogen-bond donors (Lipinski definition) is 1. The summed E-state index contributed by atoms with van der Waals surface area (Å²) >= 11 is 0. The van der Waals surface area contributed by atoms with E-state index in [1.807, 2.05) is 6.92 Å². The van der Waals surface area contributed by atoms with E-state index < -0.39 is 0 Å². The number of hydrogen-bond acceptors (Lipinski definition) is 1. The van der Waals surface area contributed by atoms with Crippen LogP contribution in [0.15, 0.2) is 12.2 Å². The van der Waals surface area contributed by atoms with Crippen molar-refractivity contribution in [3.63, 3.8) is 0 Å². The summed E-state index contributed by atoms with van der Waals surface area (Å²) in [6.07, 6.45) is 5.19. The van der Waals surface area contributed by atoms with E-state index in [2.05, 4.69) is 19.1 Å². The van der Waals surface area contributed by atoms with Crippen LogP contribution in [0.2, 0.25) is 0 Å². The van der Waals surface area contributed by atoms with Crippen molar-refractivity contribution in [3.8, 4) is 0 Å². The molecule has 0 saturated carbocycles. The van der Waals surface area contributed by atoms with E-state index in [4.69, 9.17) is 5.41 Å². The van der Waals surface area contributed by atoms with Gasteiger partial charge < -0.3 is 5.41 Å². The molecule has 2 atom stereocenters. The maximum absolute atomic E-state index is 7.47. The molecular formula is C8H13N. The van der Waals surface area contributed by atoms with Gasteiger partial charge in [0, 0.05) is 11.6 Å². The fourth-order valence-electron chi connectivity index (χ4n) is 1.11. The van der Waals surface area contributed by atoms with Gasteiger partial charge in [0.1, 0.15) is 0 Å². The van der Waals surface area contributed by atoms with Crippen LogP contribution in [0.1, 0.15) is 20.3 Å². The van der Waals surface area contributed by atoms with Gasteiger partial charge in [-0.1, -0.05) is 26.0 Å². The Morgan fingerprint density at radius 1 is 1.56 bits per heavy atom. The van der Waals surface area contributed by atoms with Gasteiger partial charge in [-0.2, -0.15) is 0 Å². The molecule has 0 aromatic carbocycles. The summed E-state index contributed by atoms with van der Waals surface area (Å²) in [5, 5.41) is 7.47. The zero-order chi connectivity index (χ0) is 6.85. The van der Waals surface area contributed by atoms with E-state index in [0.29, 0.717) is 11.8 Å². The minimum atomic E-state index is 0.468. The molecule has 0 aromatic heterocycles. The molecule has 1 rings (SSSR count). The Labute approximate surface area is 56.3 Å². The molecular weight excluding hydrogens is 110 g/mol. The van der Waals surface area contributed by atoms with Crippen LogP contribution >= 0.6 is 0 Å². The lowest BCUT2D eigenvalue weighted by Gasteiger charge is -2.25. The normalized spacial score (nSPS) is 31.8. The molecule has 0 aliphatic heterocycles. The van der Waals surface area contributed by atoms with Crippen molar-refractivity contribution in [1.29, 1.82) is 5.41 Å². The largest absolute Gasteiger partial charge is 0.309 e. The van der Waals surface area contributed by atoms with Crippen LogP contribution in [-0.2, 0) is 0 Å². The molecule has 2 unspecified atom stereocenters. The van der Waals surface area contributed by atoms with Gasteiger partial charge in [-0.25, -0.2) is 0 Å². The first-order valence-electron chi connectivity index (χ1n) is 3.51. The monoisotopic (exact) mass is 123 g/mol. The summed E-state index contributed by atoms with van der Waals surface area (Å²) in [6.45, 7) is 4.20. The zero-order valence-electron chi connectivity index (χ0n) is 6.02. The van der Waals surface area contributed by atoms with E-state index in [1.54, 1.807) is 0 Å². The molecule has 0 aromatic rings. The summed E-state index contributed by atoms with van der Waals surface area (Å²) in [5.41, 5.74) is 0.880. The van der Waals surface area contributed by atoms with Crippen LogP contribution in [0.3, 0.4) is 0 Å². The quantitative estimate of drug-likeness (QED) is 0.430. The van der Waals surface area contributed by atoms with Crippen LogP contribution in [0, 0.1) is 17.2 Å². The third-order valence-electron chi connectivity index (χ3n) is 1.97. The molecule has 1 aliphatic carbocycles. The minimum Gasteiger partial charge on any atom is -0.309 e. The molecule has 0 radical (unpaired) electrons. The lowest BCUT2D eigenvalue weighted by atomic mass is 9.79. The first-order valence-corrected chi connectivity index (χ1v) is 3.51. The fraction of sp³-hybridized carbons (Fsp3) is 0.625. The standard InChI is InChI=1S/C8H13N/c1-3-8(9)7-5-4-6(7)2/h4-7,9H,3H2,1-2H3. The second-order valence-electron chi connectivity index (χ2n) is 2.65. The van der Waals surface area contributed by atoms with Gasteiger partial charge in [0.15, 0.2) is 0 Å². The predicted molar refractivity (Wildman–Crippen MR) is 39.8 cm³/mol. The fourth-order valence-corrected chi connectivity index (χ4v) is 1.11. The Morgan fingerprint density at radius 3 is 2.33 bits per heavy atom. The highest BCUT2D eigenvalue weighted by atomic mass is 14.5. The van der Waals surface area contributed by atoms with Gasteiger partial charge in [-0.05, 0) is 12.3 Å². The van der Waals surface area contributed by atoms with Crippen LogP contribution in [0.4, 0.5) is 0 Å². The highest BCUT2D eigenvalue weighted by Crippen LogP contribution is 2.26. The van der Waals surface area contributed by atoms with Crippen LogP contribution < -0.4 is 0 Å². The van der Waals surface area contributed by atoms with Crippen LogP contribution in [0.25, 0.3) is 0 Å². The van der Waals surface area contributed by atoms with Crippen LogP contribution in [-0.4, -0.2) is 5.71 Å².